The number of rotatable bonds is 6. The Morgan fingerprint density at radius 1 is 1.29 bits per heavy atom. The number of halogens is 1. The Morgan fingerprint density at radius 2 is 1.88 bits per heavy atom. The van der Waals surface area contributed by atoms with Gasteiger partial charge in [-0.2, -0.15) is 0 Å². The highest BCUT2D eigenvalue weighted by Crippen LogP contribution is 2.12. The Bertz CT molecular complexity index is 346. The van der Waals surface area contributed by atoms with E-state index in [0.29, 0.717) is 6.42 Å². The number of methoxy groups -OCH3 is 1. The van der Waals surface area contributed by atoms with Crippen molar-refractivity contribution in [3.05, 3.63) is 35.4 Å². The molecule has 0 heterocycles. The third-order valence-electron chi connectivity index (χ3n) is 2.71. The second-order valence-electron chi connectivity index (χ2n) is 4.11. The number of carbonyl (C=O) groups excluding carboxylic acids is 1. The molecular weight excluding hydrogens is 236 g/mol. The van der Waals surface area contributed by atoms with Crippen molar-refractivity contribution in [1.82, 2.24) is 0 Å². The van der Waals surface area contributed by atoms with Crippen molar-refractivity contribution in [2.45, 2.75) is 38.0 Å². The van der Waals surface area contributed by atoms with Crippen molar-refractivity contribution in [3.8, 4) is 0 Å². The first-order chi connectivity index (χ1) is 8.17. The quantitative estimate of drug-likeness (QED) is 0.575. The van der Waals surface area contributed by atoms with Crippen molar-refractivity contribution < 1.29 is 9.53 Å². The molecule has 1 atom stereocenters. The van der Waals surface area contributed by atoms with Gasteiger partial charge >= 0.3 is 5.97 Å². The molecule has 94 valence electrons. The van der Waals surface area contributed by atoms with Gasteiger partial charge in [-0.15, -0.1) is 11.6 Å². The number of unbranched alkanes of at least 4 members (excludes halogenated alkanes) is 1. The summed E-state index contributed by atoms with van der Waals surface area (Å²) in [5, 5.41) is -0.596. The fourth-order valence-electron chi connectivity index (χ4n) is 1.64. The molecule has 1 aromatic carbocycles. The van der Waals surface area contributed by atoms with Gasteiger partial charge in [-0.3, -0.25) is 4.79 Å². The van der Waals surface area contributed by atoms with Crippen LogP contribution in [0, 0.1) is 0 Å². The minimum absolute atomic E-state index is 0.373. The van der Waals surface area contributed by atoms with E-state index in [4.69, 9.17) is 11.6 Å². The normalized spacial score (nSPS) is 12.2. The van der Waals surface area contributed by atoms with Crippen LogP contribution in [0.15, 0.2) is 24.3 Å². The number of benzene rings is 1. The molecular formula is C14H19ClO2. The maximum atomic E-state index is 11.2. The first kappa shape index (κ1) is 14.0. The lowest BCUT2D eigenvalue weighted by atomic mass is 10.0. The second-order valence-corrected chi connectivity index (χ2v) is 4.64. The molecule has 1 rings (SSSR count). The smallest absolute Gasteiger partial charge is 0.324 e. The van der Waals surface area contributed by atoms with Crippen molar-refractivity contribution in [3.63, 3.8) is 0 Å². The lowest BCUT2D eigenvalue weighted by Gasteiger charge is -2.08. The van der Waals surface area contributed by atoms with Crippen LogP contribution < -0.4 is 0 Å². The zero-order chi connectivity index (χ0) is 12.7. The summed E-state index contributed by atoms with van der Waals surface area (Å²) in [6.07, 6.45) is 4.04. The lowest BCUT2D eigenvalue weighted by molar-refractivity contribution is -0.140. The number of hydrogen-bond acceptors (Lipinski definition) is 2. The van der Waals surface area contributed by atoms with Gasteiger partial charge in [-0.05, 0) is 30.4 Å². The Labute approximate surface area is 108 Å². The summed E-state index contributed by atoms with van der Waals surface area (Å²) in [5.41, 5.74) is 2.40. The summed E-state index contributed by atoms with van der Waals surface area (Å²) in [5.74, 6) is -0.373. The van der Waals surface area contributed by atoms with E-state index in [1.807, 2.05) is 12.1 Å². The average molecular weight is 255 g/mol. The van der Waals surface area contributed by atoms with Crippen LogP contribution in [-0.2, 0) is 22.4 Å². The minimum Gasteiger partial charge on any atom is -0.468 e. The van der Waals surface area contributed by atoms with Crippen LogP contribution >= 0.6 is 11.6 Å². The zero-order valence-corrected chi connectivity index (χ0v) is 11.2. The highest BCUT2D eigenvalue weighted by atomic mass is 35.5. The van der Waals surface area contributed by atoms with Gasteiger partial charge in [0.15, 0.2) is 0 Å². The maximum Gasteiger partial charge on any atom is 0.324 e. The molecule has 0 bridgehead atoms. The van der Waals surface area contributed by atoms with Gasteiger partial charge < -0.3 is 4.74 Å². The van der Waals surface area contributed by atoms with Crippen LogP contribution in [0.5, 0.6) is 0 Å². The number of alkyl halides is 1. The van der Waals surface area contributed by atoms with Gasteiger partial charge in [-0.1, -0.05) is 37.6 Å². The number of ether oxygens (including phenoxy) is 1. The fraction of sp³-hybridized carbons (Fsp3) is 0.500. The molecule has 1 aromatic rings. The van der Waals surface area contributed by atoms with E-state index in [1.165, 1.54) is 25.5 Å². The maximum absolute atomic E-state index is 11.2. The summed E-state index contributed by atoms with van der Waals surface area (Å²) < 4.78 is 4.59. The molecule has 2 nitrogen and oxygen atoms in total. The van der Waals surface area contributed by atoms with E-state index in [1.54, 1.807) is 0 Å². The van der Waals surface area contributed by atoms with Crippen molar-refractivity contribution >= 4 is 17.6 Å². The number of aryl methyl sites for hydroxylation is 1. The topological polar surface area (TPSA) is 26.3 Å². The first-order valence-corrected chi connectivity index (χ1v) is 6.40. The summed E-state index contributed by atoms with van der Waals surface area (Å²) in [7, 11) is 1.35. The van der Waals surface area contributed by atoms with Crippen LogP contribution in [-0.4, -0.2) is 18.5 Å². The van der Waals surface area contributed by atoms with E-state index >= 15 is 0 Å². The Kier molecular flexibility index (Phi) is 6.06. The molecule has 0 radical (unpaired) electrons. The predicted octanol–water partition coefficient (Wildman–Crippen LogP) is 3.35. The third-order valence-corrected chi connectivity index (χ3v) is 3.05. The van der Waals surface area contributed by atoms with E-state index in [-0.39, 0.29) is 5.97 Å². The summed E-state index contributed by atoms with van der Waals surface area (Å²) in [6, 6.07) is 8.27. The van der Waals surface area contributed by atoms with Gasteiger partial charge in [0.25, 0.3) is 0 Å². The van der Waals surface area contributed by atoms with Crippen LogP contribution in [0.3, 0.4) is 0 Å². The number of esters is 1. The average Bonchev–Trinajstić information content (AvgIpc) is 2.37. The molecule has 0 aromatic heterocycles. The van der Waals surface area contributed by atoms with Gasteiger partial charge in [-0.25, -0.2) is 0 Å². The largest absolute Gasteiger partial charge is 0.468 e. The Hall–Kier alpha value is -1.02. The standard InChI is InChI=1S/C14H19ClO2/c1-3-4-5-11-6-8-12(9-7-11)10-13(15)14(16)17-2/h6-9,13H,3-5,10H2,1-2H3. The molecule has 0 aliphatic heterocycles. The zero-order valence-electron chi connectivity index (χ0n) is 10.4. The monoisotopic (exact) mass is 254 g/mol. The Morgan fingerprint density at radius 3 is 2.41 bits per heavy atom. The third kappa shape index (κ3) is 4.78. The highest BCUT2D eigenvalue weighted by molar-refractivity contribution is 6.30. The lowest BCUT2D eigenvalue weighted by Crippen LogP contribution is -2.18. The molecule has 0 amide bonds. The van der Waals surface area contributed by atoms with E-state index in [0.717, 1.165) is 12.0 Å². The fourth-order valence-corrected chi connectivity index (χ4v) is 1.91. The molecule has 1 unspecified atom stereocenters. The van der Waals surface area contributed by atoms with Gasteiger partial charge in [0.2, 0.25) is 0 Å². The van der Waals surface area contributed by atoms with E-state index in [9.17, 15) is 4.79 Å². The molecule has 0 N–H and O–H groups in total. The van der Waals surface area contributed by atoms with E-state index in [2.05, 4.69) is 23.8 Å². The molecule has 0 spiro atoms. The SMILES string of the molecule is CCCCc1ccc(CC(Cl)C(=O)OC)cc1. The molecule has 3 heteroatoms. The molecule has 0 aliphatic carbocycles. The van der Waals surface area contributed by atoms with Crippen LogP contribution in [0.2, 0.25) is 0 Å². The van der Waals surface area contributed by atoms with E-state index < -0.39 is 5.38 Å². The van der Waals surface area contributed by atoms with Crippen LogP contribution in [0.4, 0.5) is 0 Å². The minimum atomic E-state index is -0.596. The van der Waals surface area contributed by atoms with Crippen molar-refractivity contribution in [2.24, 2.45) is 0 Å². The number of carbonyl (C=O) groups is 1. The number of hydrogen-bond donors (Lipinski definition) is 0. The molecule has 0 fully saturated rings. The van der Waals surface area contributed by atoms with Crippen LogP contribution in [0.1, 0.15) is 30.9 Å². The molecule has 0 saturated carbocycles. The van der Waals surface area contributed by atoms with Gasteiger partial charge in [0.1, 0.15) is 5.38 Å². The summed E-state index contributed by atoms with van der Waals surface area (Å²) in [6.45, 7) is 2.18. The van der Waals surface area contributed by atoms with Gasteiger partial charge in [0, 0.05) is 0 Å². The second kappa shape index (κ2) is 7.33. The highest BCUT2D eigenvalue weighted by Gasteiger charge is 2.15. The first-order valence-electron chi connectivity index (χ1n) is 5.97. The predicted molar refractivity (Wildman–Crippen MR) is 70.4 cm³/mol. The summed E-state index contributed by atoms with van der Waals surface area (Å²) in [4.78, 5) is 11.2. The molecule has 17 heavy (non-hydrogen) atoms. The van der Waals surface area contributed by atoms with Gasteiger partial charge in [0.05, 0.1) is 7.11 Å². The van der Waals surface area contributed by atoms with Crippen molar-refractivity contribution in [1.29, 1.82) is 0 Å². The Balaban J connectivity index is 2.53. The summed E-state index contributed by atoms with van der Waals surface area (Å²) >= 11 is 5.91. The molecule has 0 saturated heterocycles. The molecule has 0 aliphatic rings. The van der Waals surface area contributed by atoms with Crippen molar-refractivity contribution in [2.75, 3.05) is 7.11 Å². The van der Waals surface area contributed by atoms with Crippen LogP contribution in [0.25, 0.3) is 0 Å².